The van der Waals surface area contributed by atoms with Gasteiger partial charge >= 0.3 is 0 Å². The van der Waals surface area contributed by atoms with E-state index >= 15 is 0 Å². The van der Waals surface area contributed by atoms with Gasteiger partial charge in [-0.2, -0.15) is 0 Å². The van der Waals surface area contributed by atoms with Crippen molar-refractivity contribution in [3.8, 4) is 11.5 Å². The third-order valence-electron chi connectivity index (χ3n) is 2.85. The lowest BCUT2D eigenvalue weighted by Gasteiger charge is -2.11. The number of hydrogen-bond donors (Lipinski definition) is 0. The van der Waals surface area contributed by atoms with Gasteiger partial charge in [-0.25, -0.2) is 0 Å². The molecular formula is C18H18O3. The molecule has 21 heavy (non-hydrogen) atoms. The molecule has 0 aliphatic heterocycles. The highest BCUT2D eigenvalue weighted by atomic mass is 16.5. The molecule has 3 heteroatoms. The number of carbonyl (C=O) groups excluding carboxylic acids is 1. The minimum Gasteiger partial charge on any atom is -0.490 e. The summed E-state index contributed by atoms with van der Waals surface area (Å²) in [6.45, 7) is 2.86. The van der Waals surface area contributed by atoms with Crippen LogP contribution in [-0.2, 0) is 0 Å². The molecule has 0 saturated heterocycles. The molecule has 0 N–H and O–H groups in total. The van der Waals surface area contributed by atoms with E-state index in [9.17, 15) is 4.79 Å². The SMILES string of the molecule is CCOc1cc(C=O)ccc1OC/C=C/c1ccccc1. The lowest BCUT2D eigenvalue weighted by Crippen LogP contribution is -1.99. The zero-order chi connectivity index (χ0) is 14.9. The number of carbonyl (C=O) groups is 1. The van der Waals surface area contributed by atoms with Crippen LogP contribution in [0.4, 0.5) is 0 Å². The summed E-state index contributed by atoms with van der Waals surface area (Å²) < 4.78 is 11.2. The highest BCUT2D eigenvalue weighted by molar-refractivity contribution is 5.76. The zero-order valence-electron chi connectivity index (χ0n) is 12.0. The van der Waals surface area contributed by atoms with Crippen LogP contribution in [0.15, 0.2) is 54.6 Å². The first-order chi connectivity index (χ1) is 10.3. The minimum absolute atomic E-state index is 0.440. The summed E-state index contributed by atoms with van der Waals surface area (Å²) in [6.07, 6.45) is 4.74. The molecular weight excluding hydrogens is 264 g/mol. The van der Waals surface area contributed by atoms with Gasteiger partial charge in [-0.3, -0.25) is 4.79 Å². The van der Waals surface area contributed by atoms with Crippen molar-refractivity contribution in [2.45, 2.75) is 6.92 Å². The van der Waals surface area contributed by atoms with Crippen LogP contribution < -0.4 is 9.47 Å². The molecule has 0 bridgehead atoms. The van der Waals surface area contributed by atoms with Crippen molar-refractivity contribution in [2.75, 3.05) is 13.2 Å². The molecule has 0 heterocycles. The van der Waals surface area contributed by atoms with Crippen molar-refractivity contribution in [2.24, 2.45) is 0 Å². The Balaban J connectivity index is 1.99. The summed E-state index contributed by atoms with van der Waals surface area (Å²) in [6, 6.07) is 15.2. The summed E-state index contributed by atoms with van der Waals surface area (Å²) in [4.78, 5) is 10.8. The topological polar surface area (TPSA) is 35.5 Å². The lowest BCUT2D eigenvalue weighted by molar-refractivity contribution is 0.112. The molecule has 0 aromatic heterocycles. The molecule has 0 aliphatic carbocycles. The van der Waals surface area contributed by atoms with Crippen LogP contribution in [0.3, 0.4) is 0 Å². The summed E-state index contributed by atoms with van der Waals surface area (Å²) in [5.74, 6) is 1.23. The van der Waals surface area contributed by atoms with E-state index < -0.39 is 0 Å². The average Bonchev–Trinajstić information content (AvgIpc) is 2.54. The number of rotatable bonds is 7. The molecule has 2 rings (SSSR count). The van der Waals surface area contributed by atoms with E-state index in [-0.39, 0.29) is 0 Å². The van der Waals surface area contributed by atoms with Gasteiger partial charge in [-0.05, 0) is 36.8 Å². The second-order valence-corrected chi connectivity index (χ2v) is 4.38. The van der Waals surface area contributed by atoms with E-state index in [4.69, 9.17) is 9.47 Å². The van der Waals surface area contributed by atoms with Crippen molar-refractivity contribution >= 4 is 12.4 Å². The Bertz CT molecular complexity index is 603. The fraction of sp³-hybridized carbons (Fsp3) is 0.167. The normalized spacial score (nSPS) is 10.5. The number of benzene rings is 2. The van der Waals surface area contributed by atoms with E-state index in [1.165, 1.54) is 0 Å². The average molecular weight is 282 g/mol. The molecule has 108 valence electrons. The second kappa shape index (κ2) is 7.90. The highest BCUT2D eigenvalue weighted by Gasteiger charge is 2.05. The maximum Gasteiger partial charge on any atom is 0.161 e. The summed E-state index contributed by atoms with van der Waals surface area (Å²) >= 11 is 0. The van der Waals surface area contributed by atoms with Gasteiger partial charge in [-0.15, -0.1) is 0 Å². The van der Waals surface area contributed by atoms with Crippen LogP contribution in [0.5, 0.6) is 11.5 Å². The van der Waals surface area contributed by atoms with Crippen LogP contribution in [0.1, 0.15) is 22.8 Å². The van der Waals surface area contributed by atoms with E-state index in [1.807, 2.05) is 49.4 Å². The largest absolute Gasteiger partial charge is 0.490 e. The Labute approximate surface area is 124 Å². The zero-order valence-corrected chi connectivity index (χ0v) is 12.0. The van der Waals surface area contributed by atoms with Gasteiger partial charge in [-0.1, -0.05) is 36.4 Å². The standard InChI is InChI=1S/C18H18O3/c1-2-20-18-13-16(14-19)10-11-17(18)21-12-6-9-15-7-4-3-5-8-15/h3-11,13-14H,2,12H2,1H3/b9-6+. The van der Waals surface area contributed by atoms with Crippen LogP contribution in [-0.4, -0.2) is 19.5 Å². The van der Waals surface area contributed by atoms with Gasteiger partial charge in [0.05, 0.1) is 6.61 Å². The third-order valence-corrected chi connectivity index (χ3v) is 2.85. The van der Waals surface area contributed by atoms with Gasteiger partial charge in [0.2, 0.25) is 0 Å². The highest BCUT2D eigenvalue weighted by Crippen LogP contribution is 2.28. The fourth-order valence-corrected chi connectivity index (χ4v) is 1.87. The van der Waals surface area contributed by atoms with Gasteiger partial charge in [0, 0.05) is 5.56 Å². The molecule has 0 fully saturated rings. The summed E-state index contributed by atoms with van der Waals surface area (Å²) in [7, 11) is 0. The van der Waals surface area contributed by atoms with Crippen LogP contribution in [0.2, 0.25) is 0 Å². The van der Waals surface area contributed by atoms with Gasteiger partial charge in [0.1, 0.15) is 12.9 Å². The first-order valence-corrected chi connectivity index (χ1v) is 6.90. The van der Waals surface area contributed by atoms with Crippen molar-refractivity contribution in [1.29, 1.82) is 0 Å². The Hall–Kier alpha value is -2.55. The van der Waals surface area contributed by atoms with Crippen molar-refractivity contribution in [3.63, 3.8) is 0 Å². The molecule has 3 nitrogen and oxygen atoms in total. The van der Waals surface area contributed by atoms with Crippen LogP contribution in [0.25, 0.3) is 6.08 Å². The molecule has 0 spiro atoms. The fourth-order valence-electron chi connectivity index (χ4n) is 1.87. The molecule has 2 aromatic carbocycles. The van der Waals surface area contributed by atoms with Crippen LogP contribution >= 0.6 is 0 Å². The van der Waals surface area contributed by atoms with Crippen molar-refractivity contribution in [3.05, 3.63) is 65.7 Å². The van der Waals surface area contributed by atoms with Gasteiger partial charge < -0.3 is 9.47 Å². The second-order valence-electron chi connectivity index (χ2n) is 4.38. The Morgan fingerprint density at radius 2 is 1.76 bits per heavy atom. The molecule has 0 unspecified atom stereocenters. The van der Waals surface area contributed by atoms with Crippen molar-refractivity contribution in [1.82, 2.24) is 0 Å². The Morgan fingerprint density at radius 1 is 0.952 bits per heavy atom. The molecule has 2 aromatic rings. The number of hydrogen-bond acceptors (Lipinski definition) is 3. The Morgan fingerprint density at radius 3 is 2.48 bits per heavy atom. The minimum atomic E-state index is 0.440. The number of ether oxygens (including phenoxy) is 2. The first-order valence-electron chi connectivity index (χ1n) is 6.90. The molecule has 0 amide bonds. The number of aldehydes is 1. The first kappa shape index (κ1) is 14.9. The smallest absolute Gasteiger partial charge is 0.161 e. The van der Waals surface area contributed by atoms with Crippen LogP contribution in [0, 0.1) is 0 Å². The molecule has 0 radical (unpaired) electrons. The monoisotopic (exact) mass is 282 g/mol. The quantitative estimate of drug-likeness (QED) is 0.720. The molecule has 0 atom stereocenters. The van der Waals surface area contributed by atoms with E-state index in [1.54, 1.807) is 18.2 Å². The molecule has 0 saturated carbocycles. The van der Waals surface area contributed by atoms with E-state index in [0.29, 0.717) is 30.3 Å². The maximum absolute atomic E-state index is 10.8. The Kier molecular flexibility index (Phi) is 5.59. The van der Waals surface area contributed by atoms with E-state index in [0.717, 1.165) is 11.8 Å². The lowest BCUT2D eigenvalue weighted by atomic mass is 10.2. The predicted octanol–water partition coefficient (Wildman–Crippen LogP) is 3.99. The molecule has 0 aliphatic rings. The summed E-state index contributed by atoms with van der Waals surface area (Å²) in [5, 5.41) is 0. The third kappa shape index (κ3) is 4.49. The van der Waals surface area contributed by atoms with Gasteiger partial charge in [0.15, 0.2) is 11.5 Å². The van der Waals surface area contributed by atoms with Gasteiger partial charge in [0.25, 0.3) is 0 Å². The summed E-state index contributed by atoms with van der Waals surface area (Å²) in [5.41, 5.74) is 1.70. The predicted molar refractivity (Wildman–Crippen MR) is 84.0 cm³/mol. The van der Waals surface area contributed by atoms with Crippen molar-refractivity contribution < 1.29 is 14.3 Å². The van der Waals surface area contributed by atoms with E-state index in [2.05, 4.69) is 0 Å². The maximum atomic E-state index is 10.8.